The molecule has 5 nitrogen and oxygen atoms in total. The van der Waals surface area contributed by atoms with Crippen LogP contribution in [0.2, 0.25) is 0 Å². The molecule has 0 aromatic rings. The van der Waals surface area contributed by atoms with E-state index in [1.807, 2.05) is 0 Å². The molecule has 0 aliphatic rings. The SMILES string of the molecule is CC(C)C(=C=O)C(N)(O)C(=O)O. The number of aliphatic carboxylic acids is 1. The first-order chi connectivity index (χ1) is 5.34. The minimum absolute atomic E-state index is 0.366. The Morgan fingerprint density at radius 1 is 1.58 bits per heavy atom. The zero-order chi connectivity index (χ0) is 9.94. The first kappa shape index (κ1) is 10.8. The average Bonchev–Trinajstić information content (AvgIpc) is 1.86. The van der Waals surface area contributed by atoms with Crippen molar-refractivity contribution in [2.45, 2.75) is 19.6 Å². The summed E-state index contributed by atoms with van der Waals surface area (Å²) < 4.78 is 0. The van der Waals surface area contributed by atoms with E-state index in [1.165, 1.54) is 5.94 Å². The Labute approximate surface area is 69.5 Å². The monoisotopic (exact) mass is 173 g/mol. The van der Waals surface area contributed by atoms with E-state index in [0.29, 0.717) is 0 Å². The highest BCUT2D eigenvalue weighted by Crippen LogP contribution is 2.16. The van der Waals surface area contributed by atoms with Crippen molar-refractivity contribution in [2.75, 3.05) is 0 Å². The maximum Gasteiger partial charge on any atom is 0.356 e. The van der Waals surface area contributed by atoms with Crippen LogP contribution in [-0.4, -0.2) is 27.8 Å². The van der Waals surface area contributed by atoms with Gasteiger partial charge >= 0.3 is 5.97 Å². The molecule has 0 saturated heterocycles. The molecular formula is C7H11NO4. The van der Waals surface area contributed by atoms with Crippen molar-refractivity contribution >= 4 is 11.9 Å². The molecule has 1 unspecified atom stereocenters. The molecule has 0 spiro atoms. The summed E-state index contributed by atoms with van der Waals surface area (Å²) in [5.41, 5.74) is 2.00. The second-order valence-corrected chi connectivity index (χ2v) is 2.74. The summed E-state index contributed by atoms with van der Waals surface area (Å²) in [6, 6.07) is 0. The summed E-state index contributed by atoms with van der Waals surface area (Å²) in [5, 5.41) is 17.5. The average molecular weight is 173 g/mol. The smallest absolute Gasteiger partial charge is 0.356 e. The van der Waals surface area contributed by atoms with Gasteiger partial charge in [-0.15, -0.1) is 0 Å². The van der Waals surface area contributed by atoms with Crippen molar-refractivity contribution in [3.63, 3.8) is 0 Å². The van der Waals surface area contributed by atoms with Crippen LogP contribution >= 0.6 is 0 Å². The number of hydrogen-bond donors (Lipinski definition) is 3. The van der Waals surface area contributed by atoms with Crippen LogP contribution in [0.3, 0.4) is 0 Å². The lowest BCUT2D eigenvalue weighted by atomic mass is 9.95. The molecule has 68 valence electrons. The minimum Gasteiger partial charge on any atom is -0.478 e. The van der Waals surface area contributed by atoms with E-state index >= 15 is 0 Å². The Morgan fingerprint density at radius 3 is 2.08 bits per heavy atom. The normalized spacial score (nSPS) is 15.1. The summed E-state index contributed by atoms with van der Waals surface area (Å²) in [6.45, 7) is 3.09. The van der Waals surface area contributed by atoms with Gasteiger partial charge in [0.15, 0.2) is 0 Å². The van der Waals surface area contributed by atoms with Gasteiger partial charge in [0.2, 0.25) is 5.72 Å². The van der Waals surface area contributed by atoms with E-state index in [-0.39, 0.29) is 5.57 Å². The predicted molar refractivity (Wildman–Crippen MR) is 40.8 cm³/mol. The summed E-state index contributed by atoms with van der Waals surface area (Å²) in [4.78, 5) is 20.6. The van der Waals surface area contributed by atoms with Crippen molar-refractivity contribution in [1.29, 1.82) is 0 Å². The van der Waals surface area contributed by atoms with Crippen molar-refractivity contribution < 1.29 is 19.8 Å². The number of carboxylic acid groups (broad SMARTS) is 1. The third kappa shape index (κ3) is 1.92. The maximum atomic E-state index is 10.4. The Bertz CT molecular complexity index is 238. The third-order valence-corrected chi connectivity index (χ3v) is 1.42. The van der Waals surface area contributed by atoms with Gasteiger partial charge in [0.1, 0.15) is 5.94 Å². The number of nitrogens with two attached hydrogens (primary N) is 1. The van der Waals surface area contributed by atoms with Gasteiger partial charge in [0.25, 0.3) is 0 Å². The molecule has 1 atom stereocenters. The lowest BCUT2D eigenvalue weighted by Gasteiger charge is -2.20. The molecule has 0 aliphatic heterocycles. The molecule has 0 aromatic heterocycles. The molecule has 0 rings (SSSR count). The number of rotatable bonds is 3. The fraction of sp³-hybridized carbons (Fsp3) is 0.571. The molecular weight excluding hydrogens is 162 g/mol. The fourth-order valence-electron chi connectivity index (χ4n) is 0.751. The molecule has 5 heteroatoms. The molecule has 0 radical (unpaired) electrons. The first-order valence-electron chi connectivity index (χ1n) is 3.34. The second kappa shape index (κ2) is 3.49. The van der Waals surface area contributed by atoms with Gasteiger partial charge in [0.05, 0.1) is 5.57 Å². The highest BCUT2D eigenvalue weighted by molar-refractivity contribution is 5.84. The van der Waals surface area contributed by atoms with Crippen molar-refractivity contribution in [1.82, 2.24) is 0 Å². The Balaban J connectivity index is 5.00. The molecule has 0 aliphatic carbocycles. The molecule has 0 saturated carbocycles. The van der Waals surface area contributed by atoms with Crippen molar-refractivity contribution in [3.8, 4) is 0 Å². The predicted octanol–water partition coefficient (Wildman–Crippen LogP) is -0.868. The number of hydrogen-bond acceptors (Lipinski definition) is 4. The van der Waals surface area contributed by atoms with E-state index < -0.39 is 17.6 Å². The second-order valence-electron chi connectivity index (χ2n) is 2.74. The van der Waals surface area contributed by atoms with Crippen molar-refractivity contribution in [3.05, 3.63) is 5.57 Å². The van der Waals surface area contributed by atoms with Gasteiger partial charge in [-0.2, -0.15) is 0 Å². The van der Waals surface area contributed by atoms with Gasteiger partial charge in [-0.05, 0) is 5.92 Å². The standard InChI is InChI=1S/C7H11NO4/c1-4(2)5(3-9)7(8,12)6(10)11/h4,12H,8H2,1-2H3,(H,10,11). The van der Waals surface area contributed by atoms with E-state index in [9.17, 15) is 9.59 Å². The summed E-state index contributed by atoms with van der Waals surface area (Å²) in [6.07, 6.45) is 0. The highest BCUT2D eigenvalue weighted by atomic mass is 16.4. The molecule has 0 bridgehead atoms. The number of carbonyl (C=O) groups excluding carboxylic acids is 1. The number of carbonyl (C=O) groups is 1. The largest absolute Gasteiger partial charge is 0.478 e. The van der Waals surface area contributed by atoms with Crippen LogP contribution < -0.4 is 5.73 Å². The topological polar surface area (TPSA) is 101 Å². The zero-order valence-electron chi connectivity index (χ0n) is 6.87. The molecule has 0 amide bonds. The van der Waals surface area contributed by atoms with E-state index in [1.54, 1.807) is 13.8 Å². The first-order valence-corrected chi connectivity index (χ1v) is 3.34. The van der Waals surface area contributed by atoms with Crippen LogP contribution in [0, 0.1) is 5.92 Å². The summed E-state index contributed by atoms with van der Waals surface area (Å²) in [7, 11) is 0. The van der Waals surface area contributed by atoms with Gasteiger partial charge in [-0.3, -0.25) is 5.73 Å². The van der Waals surface area contributed by atoms with Crippen LogP contribution in [0.15, 0.2) is 5.57 Å². The van der Waals surface area contributed by atoms with Gasteiger partial charge in [-0.1, -0.05) is 13.8 Å². The van der Waals surface area contributed by atoms with Gasteiger partial charge in [-0.25, -0.2) is 9.59 Å². The van der Waals surface area contributed by atoms with E-state index in [4.69, 9.17) is 15.9 Å². The molecule has 12 heavy (non-hydrogen) atoms. The Hall–Kier alpha value is -1.16. The van der Waals surface area contributed by atoms with E-state index in [0.717, 1.165) is 0 Å². The Morgan fingerprint density at radius 2 is 2.00 bits per heavy atom. The van der Waals surface area contributed by atoms with Crippen molar-refractivity contribution in [2.24, 2.45) is 11.7 Å². The van der Waals surface area contributed by atoms with Crippen LogP contribution in [0.4, 0.5) is 0 Å². The fourth-order valence-corrected chi connectivity index (χ4v) is 0.751. The van der Waals surface area contributed by atoms with E-state index in [2.05, 4.69) is 0 Å². The van der Waals surface area contributed by atoms with Gasteiger partial charge in [0, 0.05) is 0 Å². The third-order valence-electron chi connectivity index (χ3n) is 1.42. The zero-order valence-corrected chi connectivity index (χ0v) is 6.87. The molecule has 0 fully saturated rings. The van der Waals surface area contributed by atoms with Gasteiger partial charge < -0.3 is 10.2 Å². The lowest BCUT2D eigenvalue weighted by molar-refractivity contribution is -0.154. The number of aliphatic hydroxyl groups is 1. The molecule has 4 N–H and O–H groups in total. The Kier molecular flexibility index (Phi) is 3.15. The van der Waals surface area contributed by atoms with Crippen LogP contribution in [0.1, 0.15) is 13.8 Å². The quantitative estimate of drug-likeness (QED) is 0.380. The van der Waals surface area contributed by atoms with Crippen LogP contribution in [0.25, 0.3) is 0 Å². The van der Waals surface area contributed by atoms with Crippen LogP contribution in [0.5, 0.6) is 0 Å². The summed E-state index contributed by atoms with van der Waals surface area (Å²) >= 11 is 0. The maximum absolute atomic E-state index is 10.4. The number of carboxylic acids is 1. The molecule has 0 heterocycles. The minimum atomic E-state index is -2.60. The lowest BCUT2D eigenvalue weighted by Crippen LogP contribution is -2.51. The summed E-state index contributed by atoms with van der Waals surface area (Å²) in [5.74, 6) is -0.774. The molecule has 0 aromatic carbocycles. The van der Waals surface area contributed by atoms with Crippen LogP contribution in [-0.2, 0) is 9.59 Å². The highest BCUT2D eigenvalue weighted by Gasteiger charge is 2.38.